The van der Waals surface area contributed by atoms with Gasteiger partial charge in [0.2, 0.25) is 11.8 Å². The lowest BCUT2D eigenvalue weighted by Crippen LogP contribution is -2.67. The number of carbonyl (C=O) groups is 2. The summed E-state index contributed by atoms with van der Waals surface area (Å²) in [7, 11) is 0. The van der Waals surface area contributed by atoms with E-state index in [1.807, 2.05) is 28.5 Å². The topological polar surface area (TPSA) is 40.6 Å². The maximum Gasteiger partial charge on any atom is 0.246 e. The predicted molar refractivity (Wildman–Crippen MR) is 78.1 cm³/mol. The molecule has 2 saturated heterocycles. The van der Waals surface area contributed by atoms with Crippen LogP contribution in [0.25, 0.3) is 0 Å². The first-order chi connectivity index (χ1) is 9.07. The van der Waals surface area contributed by atoms with Gasteiger partial charge in [0.25, 0.3) is 0 Å². The van der Waals surface area contributed by atoms with Crippen molar-refractivity contribution in [2.75, 3.05) is 18.1 Å². The van der Waals surface area contributed by atoms with Crippen LogP contribution in [0.15, 0.2) is 0 Å². The minimum Gasteiger partial charge on any atom is -0.329 e. The molecule has 0 bridgehead atoms. The first kappa shape index (κ1) is 14.7. The zero-order valence-electron chi connectivity index (χ0n) is 12.1. The van der Waals surface area contributed by atoms with Gasteiger partial charge in [0.1, 0.15) is 12.1 Å². The molecule has 19 heavy (non-hydrogen) atoms. The third-order valence-electron chi connectivity index (χ3n) is 4.14. The Balaban J connectivity index is 2.14. The highest BCUT2D eigenvalue weighted by Crippen LogP contribution is 2.28. The van der Waals surface area contributed by atoms with E-state index in [9.17, 15) is 9.59 Å². The predicted octanol–water partition coefficient (Wildman–Crippen LogP) is 1.74. The SMILES string of the molecule is CCSCC(C)N1C(=O)C2CCCCN2C(=O)C1C. The van der Waals surface area contributed by atoms with Crippen LogP contribution < -0.4 is 0 Å². The fourth-order valence-corrected chi connectivity index (χ4v) is 3.88. The molecule has 2 heterocycles. The molecule has 5 heteroatoms. The standard InChI is InChI=1S/C14H24N2O2S/c1-4-19-9-10(2)16-11(3)13(17)15-8-6-5-7-12(15)14(16)18/h10-12H,4-9H2,1-3H3. The zero-order chi connectivity index (χ0) is 14.0. The highest BCUT2D eigenvalue weighted by Gasteiger charge is 2.45. The van der Waals surface area contributed by atoms with Crippen molar-refractivity contribution in [2.24, 2.45) is 0 Å². The van der Waals surface area contributed by atoms with Crippen molar-refractivity contribution in [3.8, 4) is 0 Å². The summed E-state index contributed by atoms with van der Waals surface area (Å²) in [5, 5.41) is 0. The van der Waals surface area contributed by atoms with Gasteiger partial charge in [0, 0.05) is 18.3 Å². The molecule has 4 nitrogen and oxygen atoms in total. The molecule has 2 aliphatic heterocycles. The molecule has 0 aromatic rings. The number of piperazine rings is 1. The van der Waals surface area contributed by atoms with E-state index < -0.39 is 0 Å². The number of hydrogen-bond donors (Lipinski definition) is 0. The molecule has 0 aromatic carbocycles. The molecule has 2 amide bonds. The summed E-state index contributed by atoms with van der Waals surface area (Å²) in [5.74, 6) is 2.25. The lowest BCUT2D eigenvalue weighted by Gasteiger charge is -2.48. The van der Waals surface area contributed by atoms with Crippen molar-refractivity contribution in [1.82, 2.24) is 9.80 Å². The molecule has 0 saturated carbocycles. The van der Waals surface area contributed by atoms with Crippen molar-refractivity contribution < 1.29 is 9.59 Å². The second kappa shape index (κ2) is 6.16. The van der Waals surface area contributed by atoms with Crippen LogP contribution in [0.2, 0.25) is 0 Å². The average Bonchev–Trinajstić information content (AvgIpc) is 2.43. The minimum absolute atomic E-state index is 0.137. The zero-order valence-corrected chi connectivity index (χ0v) is 12.9. The maximum atomic E-state index is 12.6. The lowest BCUT2D eigenvalue weighted by atomic mass is 9.95. The molecule has 0 spiro atoms. The van der Waals surface area contributed by atoms with Crippen molar-refractivity contribution in [2.45, 2.75) is 58.2 Å². The second-order valence-corrected chi connectivity index (χ2v) is 6.79. The Morgan fingerprint density at radius 3 is 2.74 bits per heavy atom. The molecular formula is C14H24N2O2S. The normalized spacial score (nSPS) is 29.4. The molecule has 2 fully saturated rings. The van der Waals surface area contributed by atoms with Crippen LogP contribution >= 0.6 is 11.8 Å². The van der Waals surface area contributed by atoms with Gasteiger partial charge < -0.3 is 9.80 Å². The molecular weight excluding hydrogens is 260 g/mol. The quantitative estimate of drug-likeness (QED) is 0.789. The fourth-order valence-electron chi connectivity index (χ4n) is 3.14. The Kier molecular flexibility index (Phi) is 4.76. The lowest BCUT2D eigenvalue weighted by molar-refractivity contribution is -0.164. The summed E-state index contributed by atoms with van der Waals surface area (Å²) in [4.78, 5) is 28.7. The van der Waals surface area contributed by atoms with E-state index in [1.165, 1.54) is 0 Å². The molecule has 0 N–H and O–H groups in total. The van der Waals surface area contributed by atoms with E-state index in [-0.39, 0.29) is 29.9 Å². The minimum atomic E-state index is -0.297. The van der Waals surface area contributed by atoms with E-state index in [2.05, 4.69) is 13.8 Å². The second-order valence-electron chi connectivity index (χ2n) is 5.47. The van der Waals surface area contributed by atoms with Gasteiger partial charge in [-0.3, -0.25) is 9.59 Å². The summed E-state index contributed by atoms with van der Waals surface area (Å²) in [6, 6.07) is -0.346. The van der Waals surface area contributed by atoms with Crippen LogP contribution in [0.5, 0.6) is 0 Å². The summed E-state index contributed by atoms with van der Waals surface area (Å²) >= 11 is 1.83. The Bertz CT molecular complexity index is 361. The summed E-state index contributed by atoms with van der Waals surface area (Å²) < 4.78 is 0. The maximum absolute atomic E-state index is 12.6. The fraction of sp³-hybridized carbons (Fsp3) is 0.857. The highest BCUT2D eigenvalue weighted by atomic mass is 32.2. The van der Waals surface area contributed by atoms with Crippen LogP contribution in [0, 0.1) is 0 Å². The van der Waals surface area contributed by atoms with Gasteiger partial charge in [0.15, 0.2) is 0 Å². The van der Waals surface area contributed by atoms with Crippen molar-refractivity contribution in [3.63, 3.8) is 0 Å². The smallest absolute Gasteiger partial charge is 0.246 e. The number of nitrogens with zero attached hydrogens (tertiary/aromatic N) is 2. The number of thioether (sulfide) groups is 1. The summed E-state index contributed by atoms with van der Waals surface area (Å²) in [5.41, 5.74) is 0. The van der Waals surface area contributed by atoms with E-state index in [0.29, 0.717) is 0 Å². The van der Waals surface area contributed by atoms with E-state index >= 15 is 0 Å². The molecule has 0 radical (unpaired) electrons. The van der Waals surface area contributed by atoms with E-state index in [4.69, 9.17) is 0 Å². The molecule has 2 aliphatic rings. The first-order valence-corrected chi connectivity index (χ1v) is 8.43. The number of piperidine rings is 1. The highest BCUT2D eigenvalue weighted by molar-refractivity contribution is 7.99. The first-order valence-electron chi connectivity index (χ1n) is 7.28. The van der Waals surface area contributed by atoms with Crippen LogP contribution in [0.1, 0.15) is 40.0 Å². The average molecular weight is 284 g/mol. The van der Waals surface area contributed by atoms with Gasteiger partial charge in [-0.25, -0.2) is 0 Å². The number of amides is 2. The van der Waals surface area contributed by atoms with Gasteiger partial charge >= 0.3 is 0 Å². The van der Waals surface area contributed by atoms with E-state index in [1.54, 1.807) is 0 Å². The molecule has 3 unspecified atom stereocenters. The number of rotatable bonds is 4. The van der Waals surface area contributed by atoms with Crippen LogP contribution in [-0.4, -0.2) is 57.8 Å². The van der Waals surface area contributed by atoms with Crippen LogP contribution in [-0.2, 0) is 9.59 Å². The van der Waals surface area contributed by atoms with Gasteiger partial charge in [0.05, 0.1) is 0 Å². The van der Waals surface area contributed by atoms with Gasteiger partial charge in [-0.15, -0.1) is 0 Å². The summed E-state index contributed by atoms with van der Waals surface area (Å²) in [6.07, 6.45) is 2.92. The molecule has 3 atom stereocenters. The largest absolute Gasteiger partial charge is 0.329 e. The number of carbonyl (C=O) groups excluding carboxylic acids is 2. The third kappa shape index (κ3) is 2.76. The molecule has 0 aromatic heterocycles. The molecule has 2 rings (SSSR count). The third-order valence-corrected chi connectivity index (χ3v) is 5.26. The number of hydrogen-bond acceptors (Lipinski definition) is 3. The Morgan fingerprint density at radius 1 is 1.32 bits per heavy atom. The molecule has 108 valence electrons. The van der Waals surface area contributed by atoms with E-state index in [0.717, 1.165) is 37.3 Å². The van der Waals surface area contributed by atoms with Crippen molar-refractivity contribution in [3.05, 3.63) is 0 Å². The monoisotopic (exact) mass is 284 g/mol. The van der Waals surface area contributed by atoms with Gasteiger partial charge in [-0.1, -0.05) is 6.92 Å². The van der Waals surface area contributed by atoms with Gasteiger partial charge in [-0.05, 0) is 38.9 Å². The van der Waals surface area contributed by atoms with Crippen LogP contribution in [0.3, 0.4) is 0 Å². The number of fused-ring (bicyclic) bond motifs is 1. The summed E-state index contributed by atoms with van der Waals surface area (Å²) in [6.45, 7) is 6.80. The molecule has 0 aliphatic carbocycles. The van der Waals surface area contributed by atoms with Gasteiger partial charge in [-0.2, -0.15) is 11.8 Å². The van der Waals surface area contributed by atoms with Crippen LogP contribution in [0.4, 0.5) is 0 Å². The Morgan fingerprint density at radius 2 is 2.05 bits per heavy atom. The van der Waals surface area contributed by atoms with Crippen molar-refractivity contribution >= 4 is 23.6 Å². The Hall–Kier alpha value is -0.710. The Labute approximate surface area is 119 Å². The van der Waals surface area contributed by atoms with Crippen molar-refractivity contribution in [1.29, 1.82) is 0 Å².